The number of nitrogens with zero attached hydrogens (tertiary/aromatic N) is 1. The van der Waals surface area contributed by atoms with Crippen molar-refractivity contribution in [3.05, 3.63) is 59.9 Å². The van der Waals surface area contributed by atoms with Crippen LogP contribution in [0, 0.1) is 11.7 Å². The van der Waals surface area contributed by atoms with E-state index < -0.39 is 39.7 Å². The zero-order valence-electron chi connectivity index (χ0n) is 18.3. The average Bonchev–Trinajstić information content (AvgIpc) is 2.79. The Balaban J connectivity index is 1.55. The van der Waals surface area contributed by atoms with Crippen LogP contribution in [0.3, 0.4) is 0 Å². The largest absolute Gasteiger partial charge is 0.452 e. The molecule has 0 aromatic heterocycles. The van der Waals surface area contributed by atoms with Gasteiger partial charge in [0.25, 0.3) is 5.91 Å². The Kier molecular flexibility index (Phi) is 7.60. The lowest BCUT2D eigenvalue weighted by molar-refractivity contribution is -0.158. The maximum absolute atomic E-state index is 13.1. The molecule has 1 aliphatic heterocycles. The average molecular weight is 477 g/mol. The van der Waals surface area contributed by atoms with Crippen LogP contribution < -0.4 is 5.32 Å². The van der Waals surface area contributed by atoms with Crippen LogP contribution in [0.4, 0.5) is 10.1 Å². The summed E-state index contributed by atoms with van der Waals surface area (Å²) < 4.78 is 45.0. The summed E-state index contributed by atoms with van der Waals surface area (Å²) in [5.74, 6) is -2.45. The van der Waals surface area contributed by atoms with Gasteiger partial charge < -0.3 is 10.1 Å². The summed E-state index contributed by atoms with van der Waals surface area (Å²) in [6.07, 6.45) is -0.625. The van der Waals surface area contributed by atoms with E-state index >= 15 is 0 Å². The second kappa shape index (κ2) is 10.2. The summed E-state index contributed by atoms with van der Waals surface area (Å²) in [7, 11) is -3.79. The highest BCUT2D eigenvalue weighted by Crippen LogP contribution is 2.25. The fraction of sp³-hybridized carbons (Fsp3) is 0.348. The number of carbonyl (C=O) groups is 3. The summed E-state index contributed by atoms with van der Waals surface area (Å²) in [6, 6.07) is 11.1. The molecular formula is C23H25FN2O6S. The molecule has 1 amide bonds. The van der Waals surface area contributed by atoms with Crippen molar-refractivity contribution in [2.75, 3.05) is 18.4 Å². The van der Waals surface area contributed by atoms with Crippen molar-refractivity contribution >= 4 is 33.4 Å². The molecule has 0 aliphatic carbocycles. The lowest BCUT2D eigenvalue weighted by Crippen LogP contribution is -2.41. The molecule has 0 bridgehead atoms. The minimum Gasteiger partial charge on any atom is -0.452 e. The molecule has 1 atom stereocenters. The van der Waals surface area contributed by atoms with Crippen molar-refractivity contribution < 1.29 is 31.9 Å². The molecule has 0 radical (unpaired) electrons. The number of sulfonamides is 1. The van der Waals surface area contributed by atoms with Gasteiger partial charge in [-0.25, -0.2) is 12.8 Å². The molecule has 176 valence electrons. The SMILES string of the molecule is CC(=O)c1ccccc1NC(=O)C(C)OC(=O)C1CCN(S(=O)(=O)c2ccc(F)cc2)CC1. The Morgan fingerprint density at radius 3 is 2.27 bits per heavy atom. The number of halogens is 1. The maximum Gasteiger partial charge on any atom is 0.309 e. The monoisotopic (exact) mass is 476 g/mol. The Morgan fingerprint density at radius 1 is 1.06 bits per heavy atom. The van der Waals surface area contributed by atoms with Crippen molar-refractivity contribution in [1.29, 1.82) is 0 Å². The molecule has 1 aliphatic rings. The van der Waals surface area contributed by atoms with Crippen molar-refractivity contribution in [3.8, 4) is 0 Å². The predicted octanol–water partition coefficient (Wildman–Crippen LogP) is 3.00. The van der Waals surface area contributed by atoms with Crippen molar-refractivity contribution in [2.24, 2.45) is 5.92 Å². The van der Waals surface area contributed by atoms with Crippen LogP contribution in [0.1, 0.15) is 37.0 Å². The molecule has 1 N–H and O–H groups in total. The topological polar surface area (TPSA) is 110 Å². The minimum absolute atomic E-state index is 0.0129. The van der Waals surface area contributed by atoms with Crippen molar-refractivity contribution in [3.63, 3.8) is 0 Å². The molecule has 8 nitrogen and oxygen atoms in total. The molecule has 0 saturated carbocycles. The third-order valence-corrected chi connectivity index (χ3v) is 7.38. The van der Waals surface area contributed by atoms with E-state index in [4.69, 9.17) is 4.74 Å². The number of amides is 1. The fourth-order valence-corrected chi connectivity index (χ4v) is 5.01. The van der Waals surface area contributed by atoms with E-state index in [-0.39, 0.29) is 36.6 Å². The fourth-order valence-electron chi connectivity index (χ4n) is 3.54. The Labute approximate surface area is 191 Å². The van der Waals surface area contributed by atoms with Crippen LogP contribution in [0.15, 0.2) is 53.4 Å². The van der Waals surface area contributed by atoms with Gasteiger partial charge in [-0.1, -0.05) is 12.1 Å². The molecule has 33 heavy (non-hydrogen) atoms. The number of esters is 1. The third kappa shape index (κ3) is 5.82. The number of anilines is 1. The maximum atomic E-state index is 13.1. The van der Waals surface area contributed by atoms with Crippen molar-refractivity contribution in [2.45, 2.75) is 37.7 Å². The molecule has 2 aromatic carbocycles. The highest BCUT2D eigenvalue weighted by atomic mass is 32.2. The first-order valence-corrected chi connectivity index (χ1v) is 11.9. The lowest BCUT2D eigenvalue weighted by Gasteiger charge is -2.30. The number of Topliss-reactive ketones (excluding diaryl/α,β-unsaturated/α-hetero) is 1. The van der Waals surface area contributed by atoms with Crippen LogP contribution in [0.25, 0.3) is 0 Å². The summed E-state index contributed by atoms with van der Waals surface area (Å²) in [6.45, 7) is 3.02. The van der Waals surface area contributed by atoms with Gasteiger partial charge >= 0.3 is 5.97 Å². The quantitative estimate of drug-likeness (QED) is 0.486. The number of ether oxygens (including phenoxy) is 1. The predicted molar refractivity (Wildman–Crippen MR) is 119 cm³/mol. The van der Waals surface area contributed by atoms with E-state index in [1.807, 2.05) is 0 Å². The van der Waals surface area contributed by atoms with Gasteiger partial charge in [-0.15, -0.1) is 0 Å². The van der Waals surface area contributed by atoms with E-state index in [0.29, 0.717) is 11.3 Å². The molecule has 1 heterocycles. The number of para-hydroxylation sites is 1. The van der Waals surface area contributed by atoms with Crippen LogP contribution in [-0.2, 0) is 24.3 Å². The van der Waals surface area contributed by atoms with E-state index in [1.54, 1.807) is 24.3 Å². The number of nitrogens with one attached hydrogen (secondary N) is 1. The van der Waals surface area contributed by atoms with Gasteiger partial charge in [0.05, 0.1) is 16.5 Å². The molecule has 3 rings (SSSR count). The van der Waals surface area contributed by atoms with Gasteiger partial charge in [0.2, 0.25) is 10.0 Å². The smallest absolute Gasteiger partial charge is 0.309 e. The van der Waals surface area contributed by atoms with E-state index in [0.717, 1.165) is 12.1 Å². The highest BCUT2D eigenvalue weighted by molar-refractivity contribution is 7.89. The molecule has 1 saturated heterocycles. The molecule has 0 spiro atoms. The zero-order chi connectivity index (χ0) is 24.2. The standard InChI is InChI=1S/C23H25FN2O6S/c1-15(27)20-5-3-4-6-21(20)25-22(28)16(2)32-23(29)17-11-13-26(14-12-17)33(30,31)19-9-7-18(24)8-10-19/h3-10,16-17H,11-14H2,1-2H3,(H,25,28). The normalized spacial score (nSPS) is 16.1. The Morgan fingerprint density at radius 2 is 1.67 bits per heavy atom. The Hall–Kier alpha value is -3.11. The van der Waals surface area contributed by atoms with Crippen LogP contribution in [0.5, 0.6) is 0 Å². The number of hydrogen-bond donors (Lipinski definition) is 1. The number of piperidine rings is 1. The summed E-state index contributed by atoms with van der Waals surface area (Å²) in [5, 5.41) is 2.60. The second-order valence-corrected chi connectivity index (χ2v) is 9.74. The molecular weight excluding hydrogens is 451 g/mol. The van der Waals surface area contributed by atoms with Crippen molar-refractivity contribution in [1.82, 2.24) is 4.31 Å². The summed E-state index contributed by atoms with van der Waals surface area (Å²) >= 11 is 0. The van der Waals surface area contributed by atoms with Gasteiger partial charge in [-0.05, 0) is 63.1 Å². The number of hydrogen-bond acceptors (Lipinski definition) is 6. The van der Waals surface area contributed by atoms with Crippen LogP contribution in [0.2, 0.25) is 0 Å². The van der Waals surface area contributed by atoms with Gasteiger partial charge in [0.1, 0.15) is 5.82 Å². The first-order chi connectivity index (χ1) is 15.6. The van der Waals surface area contributed by atoms with Gasteiger partial charge in [-0.3, -0.25) is 14.4 Å². The zero-order valence-corrected chi connectivity index (χ0v) is 19.1. The molecule has 1 fully saturated rings. The van der Waals surface area contributed by atoms with E-state index in [9.17, 15) is 27.2 Å². The lowest BCUT2D eigenvalue weighted by atomic mass is 9.98. The van der Waals surface area contributed by atoms with Crippen LogP contribution >= 0.6 is 0 Å². The Bertz CT molecular complexity index is 1140. The van der Waals surface area contributed by atoms with Gasteiger partial charge in [0, 0.05) is 18.7 Å². The number of ketones is 1. The van der Waals surface area contributed by atoms with Gasteiger partial charge in [-0.2, -0.15) is 4.31 Å². The molecule has 10 heteroatoms. The van der Waals surface area contributed by atoms with E-state index in [2.05, 4.69) is 5.32 Å². The van der Waals surface area contributed by atoms with Crippen LogP contribution in [-0.4, -0.2) is 49.6 Å². The first kappa shape index (κ1) is 24.5. The minimum atomic E-state index is -3.79. The summed E-state index contributed by atoms with van der Waals surface area (Å²) in [5.41, 5.74) is 0.677. The van der Waals surface area contributed by atoms with Gasteiger partial charge in [0.15, 0.2) is 11.9 Å². The molecule has 2 aromatic rings. The molecule has 1 unspecified atom stereocenters. The number of carbonyl (C=O) groups excluding carboxylic acids is 3. The second-order valence-electron chi connectivity index (χ2n) is 7.80. The summed E-state index contributed by atoms with van der Waals surface area (Å²) in [4.78, 5) is 36.7. The van der Waals surface area contributed by atoms with E-state index in [1.165, 1.54) is 30.3 Å². The highest BCUT2D eigenvalue weighted by Gasteiger charge is 2.34. The third-order valence-electron chi connectivity index (χ3n) is 5.47. The number of rotatable bonds is 7. The first-order valence-electron chi connectivity index (χ1n) is 10.5. The number of benzene rings is 2.